The van der Waals surface area contributed by atoms with Crippen LogP contribution in [0.1, 0.15) is 60.1 Å². The summed E-state index contributed by atoms with van der Waals surface area (Å²) < 4.78 is 39.9. The number of nitrogens with one attached hydrogen (secondary N) is 1. The van der Waals surface area contributed by atoms with E-state index in [2.05, 4.69) is 20.5 Å². The molecular weight excluding hydrogens is 395 g/mol. The van der Waals surface area contributed by atoms with E-state index < -0.39 is 11.7 Å². The fourth-order valence-electron chi connectivity index (χ4n) is 4.38. The molecule has 4 rings (SSSR count). The van der Waals surface area contributed by atoms with E-state index in [4.69, 9.17) is 0 Å². The van der Waals surface area contributed by atoms with Gasteiger partial charge in [0.25, 0.3) is 5.91 Å². The standard InChI is InChI=1S/C21H26F3N5O/c22-21(23,24)16-9-7-15(8-10-16)12-28-11-3-6-18(28)13-29-14-19(26-27-29)20(30)25-17-4-1-2-5-17/h7-10,14,17-18H,1-6,11-13H2,(H,25,30). The molecule has 6 nitrogen and oxygen atoms in total. The first kappa shape index (κ1) is 20.8. The van der Waals surface area contributed by atoms with Gasteiger partial charge in [0.05, 0.1) is 18.3 Å². The molecular formula is C21H26F3N5O. The van der Waals surface area contributed by atoms with Crippen molar-refractivity contribution in [1.82, 2.24) is 25.2 Å². The number of hydrogen-bond acceptors (Lipinski definition) is 4. The molecule has 2 fully saturated rings. The third-order valence-corrected chi connectivity index (χ3v) is 6.03. The van der Waals surface area contributed by atoms with Crippen molar-refractivity contribution in [3.05, 3.63) is 47.3 Å². The van der Waals surface area contributed by atoms with Crippen LogP contribution in [0.15, 0.2) is 30.5 Å². The topological polar surface area (TPSA) is 63.1 Å². The Morgan fingerprint density at radius 3 is 2.53 bits per heavy atom. The fraction of sp³-hybridized carbons (Fsp3) is 0.571. The maximum absolute atomic E-state index is 12.7. The lowest BCUT2D eigenvalue weighted by atomic mass is 10.1. The van der Waals surface area contributed by atoms with E-state index in [1.165, 1.54) is 0 Å². The number of carbonyl (C=O) groups is 1. The number of amides is 1. The highest BCUT2D eigenvalue weighted by atomic mass is 19.4. The van der Waals surface area contributed by atoms with Gasteiger partial charge in [0.2, 0.25) is 0 Å². The SMILES string of the molecule is O=C(NC1CCCC1)c1cn(CC2CCCN2Cc2ccc(C(F)(F)F)cc2)nn1. The van der Waals surface area contributed by atoms with Crippen LogP contribution in [0.4, 0.5) is 13.2 Å². The molecule has 0 spiro atoms. The summed E-state index contributed by atoms with van der Waals surface area (Å²) in [5.74, 6) is -0.179. The highest BCUT2D eigenvalue weighted by Crippen LogP contribution is 2.30. The van der Waals surface area contributed by atoms with Gasteiger partial charge < -0.3 is 5.32 Å². The monoisotopic (exact) mass is 421 g/mol. The third kappa shape index (κ3) is 5.00. The van der Waals surface area contributed by atoms with Crippen molar-refractivity contribution in [3.63, 3.8) is 0 Å². The van der Waals surface area contributed by atoms with Crippen LogP contribution in [0.5, 0.6) is 0 Å². The van der Waals surface area contributed by atoms with Crippen molar-refractivity contribution in [2.45, 2.75) is 69.9 Å². The Balaban J connectivity index is 1.34. The van der Waals surface area contributed by atoms with Gasteiger partial charge in [0, 0.05) is 18.6 Å². The summed E-state index contributed by atoms with van der Waals surface area (Å²) in [5, 5.41) is 11.1. The lowest BCUT2D eigenvalue weighted by molar-refractivity contribution is -0.137. The summed E-state index contributed by atoms with van der Waals surface area (Å²) >= 11 is 0. The molecule has 1 aliphatic carbocycles. The van der Waals surface area contributed by atoms with Crippen LogP contribution in [-0.4, -0.2) is 44.4 Å². The van der Waals surface area contributed by atoms with Gasteiger partial charge in [-0.3, -0.25) is 14.4 Å². The molecule has 1 aromatic heterocycles. The predicted octanol–water partition coefficient (Wildman–Crippen LogP) is 3.63. The number of benzene rings is 1. The second-order valence-electron chi connectivity index (χ2n) is 8.24. The van der Waals surface area contributed by atoms with E-state index >= 15 is 0 Å². The zero-order chi connectivity index (χ0) is 21.1. The predicted molar refractivity (Wildman–Crippen MR) is 105 cm³/mol. The van der Waals surface area contributed by atoms with Crippen LogP contribution in [-0.2, 0) is 19.3 Å². The molecule has 1 N–H and O–H groups in total. The molecule has 1 unspecified atom stereocenters. The van der Waals surface area contributed by atoms with Gasteiger partial charge in [-0.25, -0.2) is 0 Å². The number of aromatic nitrogens is 3. The van der Waals surface area contributed by atoms with Crippen molar-refractivity contribution >= 4 is 5.91 Å². The smallest absolute Gasteiger partial charge is 0.348 e. The summed E-state index contributed by atoms with van der Waals surface area (Å²) in [7, 11) is 0. The maximum atomic E-state index is 12.7. The molecule has 1 amide bonds. The average Bonchev–Trinajstić information content (AvgIpc) is 3.45. The summed E-state index contributed by atoms with van der Waals surface area (Å²) in [6.45, 7) is 2.08. The molecule has 1 saturated heterocycles. The van der Waals surface area contributed by atoms with E-state index in [1.54, 1.807) is 23.0 Å². The third-order valence-electron chi connectivity index (χ3n) is 6.03. The lowest BCUT2D eigenvalue weighted by Gasteiger charge is -2.24. The number of nitrogens with zero attached hydrogens (tertiary/aromatic N) is 4. The van der Waals surface area contributed by atoms with E-state index in [-0.39, 0.29) is 18.0 Å². The van der Waals surface area contributed by atoms with Gasteiger partial charge in [0.1, 0.15) is 0 Å². The minimum atomic E-state index is -4.32. The molecule has 2 aliphatic rings. The first-order valence-electron chi connectivity index (χ1n) is 10.5. The van der Waals surface area contributed by atoms with Gasteiger partial charge in [-0.05, 0) is 49.9 Å². The Hall–Kier alpha value is -2.42. The second kappa shape index (κ2) is 8.75. The molecule has 2 heterocycles. The number of carbonyl (C=O) groups excluding carboxylic acids is 1. The minimum absolute atomic E-state index is 0.179. The van der Waals surface area contributed by atoms with Gasteiger partial charge in [-0.15, -0.1) is 5.10 Å². The molecule has 2 aromatic rings. The van der Waals surface area contributed by atoms with Crippen molar-refractivity contribution in [1.29, 1.82) is 0 Å². The molecule has 30 heavy (non-hydrogen) atoms. The highest BCUT2D eigenvalue weighted by molar-refractivity contribution is 5.92. The van der Waals surface area contributed by atoms with Crippen molar-refractivity contribution in [2.24, 2.45) is 0 Å². The number of alkyl halides is 3. The van der Waals surface area contributed by atoms with Crippen LogP contribution in [0.2, 0.25) is 0 Å². The molecule has 1 aliphatic heterocycles. The van der Waals surface area contributed by atoms with Gasteiger partial charge in [-0.1, -0.05) is 30.2 Å². The fourth-order valence-corrected chi connectivity index (χ4v) is 4.38. The zero-order valence-corrected chi connectivity index (χ0v) is 16.7. The number of halogens is 3. The molecule has 9 heteroatoms. The van der Waals surface area contributed by atoms with Crippen LogP contribution >= 0.6 is 0 Å². The Morgan fingerprint density at radius 2 is 1.83 bits per heavy atom. The van der Waals surface area contributed by atoms with Gasteiger partial charge in [0.15, 0.2) is 5.69 Å². The molecule has 1 aromatic carbocycles. The van der Waals surface area contributed by atoms with Crippen LogP contribution in [0.3, 0.4) is 0 Å². The van der Waals surface area contributed by atoms with E-state index in [9.17, 15) is 18.0 Å². The minimum Gasteiger partial charge on any atom is -0.348 e. The van der Waals surface area contributed by atoms with Gasteiger partial charge in [-0.2, -0.15) is 13.2 Å². The maximum Gasteiger partial charge on any atom is 0.416 e. The molecule has 1 saturated carbocycles. The van der Waals surface area contributed by atoms with Crippen LogP contribution in [0.25, 0.3) is 0 Å². The summed E-state index contributed by atoms with van der Waals surface area (Å²) in [6.07, 6.45) is 3.69. The van der Waals surface area contributed by atoms with Crippen LogP contribution in [0, 0.1) is 0 Å². The highest BCUT2D eigenvalue weighted by Gasteiger charge is 2.30. The summed E-state index contributed by atoms with van der Waals surface area (Å²) in [6, 6.07) is 5.79. The number of rotatable bonds is 6. The van der Waals surface area contributed by atoms with Gasteiger partial charge >= 0.3 is 6.18 Å². The number of likely N-dealkylation sites (tertiary alicyclic amines) is 1. The molecule has 162 valence electrons. The van der Waals surface area contributed by atoms with E-state index in [1.807, 2.05) is 0 Å². The summed E-state index contributed by atoms with van der Waals surface area (Å²) in [5.41, 5.74) is 0.551. The first-order chi connectivity index (χ1) is 14.4. The van der Waals surface area contributed by atoms with E-state index in [0.717, 1.165) is 62.8 Å². The zero-order valence-electron chi connectivity index (χ0n) is 16.7. The Morgan fingerprint density at radius 1 is 1.10 bits per heavy atom. The Labute approximate surface area is 173 Å². The Bertz CT molecular complexity index is 858. The lowest BCUT2D eigenvalue weighted by Crippen LogP contribution is -2.33. The van der Waals surface area contributed by atoms with Crippen molar-refractivity contribution in [2.75, 3.05) is 6.54 Å². The largest absolute Gasteiger partial charge is 0.416 e. The second-order valence-corrected chi connectivity index (χ2v) is 8.24. The first-order valence-corrected chi connectivity index (χ1v) is 10.5. The van der Waals surface area contributed by atoms with Crippen molar-refractivity contribution < 1.29 is 18.0 Å². The Kier molecular flexibility index (Phi) is 6.08. The molecule has 0 radical (unpaired) electrons. The van der Waals surface area contributed by atoms with Crippen molar-refractivity contribution in [3.8, 4) is 0 Å². The molecule has 1 atom stereocenters. The normalized spacial score (nSPS) is 20.7. The van der Waals surface area contributed by atoms with E-state index in [0.29, 0.717) is 18.8 Å². The van der Waals surface area contributed by atoms with Crippen LogP contribution < -0.4 is 5.32 Å². The summed E-state index contributed by atoms with van der Waals surface area (Å²) in [4.78, 5) is 14.6. The number of hydrogen-bond donors (Lipinski definition) is 1. The average molecular weight is 421 g/mol. The molecule has 0 bridgehead atoms. The quantitative estimate of drug-likeness (QED) is 0.774.